The van der Waals surface area contributed by atoms with E-state index in [0.29, 0.717) is 6.42 Å². The lowest BCUT2D eigenvalue weighted by Crippen LogP contribution is -2.39. The molecule has 0 radical (unpaired) electrons. The second kappa shape index (κ2) is 7.13. The van der Waals surface area contributed by atoms with E-state index in [9.17, 15) is 4.79 Å². The Morgan fingerprint density at radius 1 is 1.35 bits per heavy atom. The Balaban J connectivity index is 1.73. The molecule has 1 fully saturated rings. The Morgan fingerprint density at radius 2 is 2.13 bits per heavy atom. The van der Waals surface area contributed by atoms with Gasteiger partial charge < -0.3 is 9.64 Å². The summed E-state index contributed by atoms with van der Waals surface area (Å²) in [6, 6.07) is 7.88. The van der Waals surface area contributed by atoms with E-state index in [1.165, 1.54) is 0 Å². The van der Waals surface area contributed by atoms with Crippen LogP contribution >= 0.6 is 11.3 Å². The fourth-order valence-electron chi connectivity index (χ4n) is 3.03. The fraction of sp³-hybridized carbons (Fsp3) is 0.444. The molecular formula is C18H22N2O2S. The molecule has 2 heterocycles. The molecule has 1 amide bonds. The van der Waals surface area contributed by atoms with Gasteiger partial charge in [-0.25, -0.2) is 4.98 Å². The highest BCUT2D eigenvalue weighted by molar-refractivity contribution is 7.09. The minimum atomic E-state index is 0.146. The largest absolute Gasteiger partial charge is 0.497 e. The number of ether oxygens (including phenoxy) is 1. The van der Waals surface area contributed by atoms with Crippen LogP contribution in [0.15, 0.2) is 29.6 Å². The summed E-state index contributed by atoms with van der Waals surface area (Å²) in [6.45, 7) is 2.84. The molecule has 1 saturated heterocycles. The zero-order valence-electron chi connectivity index (χ0n) is 13.6. The Bertz CT molecular complexity index is 666. The summed E-state index contributed by atoms with van der Waals surface area (Å²) in [4.78, 5) is 19.4. The topological polar surface area (TPSA) is 42.4 Å². The van der Waals surface area contributed by atoms with Gasteiger partial charge in [0, 0.05) is 17.6 Å². The van der Waals surface area contributed by atoms with Crippen molar-refractivity contribution in [3.63, 3.8) is 0 Å². The molecule has 23 heavy (non-hydrogen) atoms. The van der Waals surface area contributed by atoms with E-state index in [4.69, 9.17) is 4.74 Å². The first-order chi connectivity index (χ1) is 11.2. The lowest BCUT2D eigenvalue weighted by molar-refractivity contribution is -0.134. The van der Waals surface area contributed by atoms with Crippen molar-refractivity contribution in [1.82, 2.24) is 9.88 Å². The van der Waals surface area contributed by atoms with E-state index in [1.807, 2.05) is 36.1 Å². The monoisotopic (exact) mass is 330 g/mol. The quantitative estimate of drug-likeness (QED) is 0.857. The van der Waals surface area contributed by atoms with Crippen molar-refractivity contribution in [2.45, 2.75) is 38.6 Å². The molecule has 5 heteroatoms. The van der Waals surface area contributed by atoms with Gasteiger partial charge in [0.15, 0.2) is 0 Å². The van der Waals surface area contributed by atoms with Crippen molar-refractivity contribution in [3.05, 3.63) is 45.9 Å². The molecule has 0 bridgehead atoms. The van der Waals surface area contributed by atoms with Crippen LogP contribution in [-0.4, -0.2) is 29.4 Å². The van der Waals surface area contributed by atoms with Gasteiger partial charge >= 0.3 is 0 Å². The van der Waals surface area contributed by atoms with Crippen LogP contribution in [0.25, 0.3) is 0 Å². The maximum Gasteiger partial charge on any atom is 0.227 e. The first-order valence-corrected chi connectivity index (χ1v) is 8.90. The Morgan fingerprint density at radius 3 is 2.78 bits per heavy atom. The van der Waals surface area contributed by atoms with Crippen LogP contribution in [0.2, 0.25) is 0 Å². The minimum Gasteiger partial charge on any atom is -0.497 e. The van der Waals surface area contributed by atoms with E-state index in [1.54, 1.807) is 18.4 Å². The van der Waals surface area contributed by atoms with Crippen LogP contribution in [-0.2, 0) is 11.2 Å². The third kappa shape index (κ3) is 3.72. The van der Waals surface area contributed by atoms with E-state index < -0.39 is 0 Å². The van der Waals surface area contributed by atoms with Crippen molar-refractivity contribution in [1.29, 1.82) is 0 Å². The number of amides is 1. The maximum atomic E-state index is 12.8. The molecule has 1 aliphatic rings. The molecule has 3 rings (SSSR count). The van der Waals surface area contributed by atoms with Gasteiger partial charge in [-0.05, 0) is 43.9 Å². The van der Waals surface area contributed by atoms with Crippen LogP contribution < -0.4 is 4.74 Å². The SMILES string of the molecule is COc1ccc(CC(=O)N2CCCC[C@@H]2c2nc(C)cs2)cc1. The number of methoxy groups -OCH3 is 1. The van der Waals surface area contributed by atoms with Gasteiger partial charge in [0.25, 0.3) is 0 Å². The average molecular weight is 330 g/mol. The Labute approximate surface area is 141 Å². The zero-order valence-corrected chi connectivity index (χ0v) is 14.4. The summed E-state index contributed by atoms with van der Waals surface area (Å²) >= 11 is 1.67. The summed E-state index contributed by atoms with van der Waals surface area (Å²) in [5.74, 6) is 1.00. The lowest BCUT2D eigenvalue weighted by atomic mass is 10.0. The molecule has 0 N–H and O–H groups in total. The summed E-state index contributed by atoms with van der Waals surface area (Å²) in [5.41, 5.74) is 2.06. The number of hydrogen-bond acceptors (Lipinski definition) is 4. The van der Waals surface area contributed by atoms with Gasteiger partial charge in [0.1, 0.15) is 10.8 Å². The van der Waals surface area contributed by atoms with Gasteiger partial charge in [-0.3, -0.25) is 4.79 Å². The molecule has 1 aliphatic heterocycles. The van der Waals surface area contributed by atoms with Crippen molar-refractivity contribution in [3.8, 4) is 5.75 Å². The number of thiazole rings is 1. The zero-order chi connectivity index (χ0) is 16.2. The first-order valence-electron chi connectivity index (χ1n) is 8.02. The van der Waals surface area contributed by atoms with Crippen molar-refractivity contribution < 1.29 is 9.53 Å². The maximum absolute atomic E-state index is 12.8. The number of carbonyl (C=O) groups is 1. The number of piperidine rings is 1. The van der Waals surface area contributed by atoms with Gasteiger partial charge in [-0.1, -0.05) is 12.1 Å². The van der Waals surface area contributed by atoms with Crippen LogP contribution in [0.4, 0.5) is 0 Å². The van der Waals surface area contributed by atoms with Gasteiger partial charge in [-0.15, -0.1) is 11.3 Å². The van der Waals surface area contributed by atoms with Crippen molar-refractivity contribution >= 4 is 17.2 Å². The number of benzene rings is 1. The molecule has 1 aromatic heterocycles. The minimum absolute atomic E-state index is 0.146. The highest BCUT2D eigenvalue weighted by atomic mass is 32.1. The number of rotatable bonds is 4. The first kappa shape index (κ1) is 16.0. The standard InChI is InChI=1S/C18H22N2O2S/c1-13-12-23-18(19-13)16-5-3-4-10-20(16)17(21)11-14-6-8-15(22-2)9-7-14/h6-9,12,16H,3-5,10-11H2,1-2H3/t16-/m1/s1. The smallest absolute Gasteiger partial charge is 0.227 e. The van der Waals surface area contributed by atoms with E-state index in [0.717, 1.165) is 47.8 Å². The summed E-state index contributed by atoms with van der Waals surface area (Å²) in [5, 5.41) is 3.14. The third-order valence-corrected chi connectivity index (χ3v) is 5.32. The fourth-order valence-corrected chi connectivity index (χ4v) is 3.97. The van der Waals surface area contributed by atoms with E-state index in [-0.39, 0.29) is 11.9 Å². The molecule has 122 valence electrons. The van der Waals surface area contributed by atoms with Crippen molar-refractivity contribution in [2.75, 3.05) is 13.7 Å². The predicted molar refractivity (Wildman–Crippen MR) is 91.9 cm³/mol. The molecule has 0 aliphatic carbocycles. The second-order valence-corrected chi connectivity index (χ2v) is 6.84. The Hall–Kier alpha value is -1.88. The highest BCUT2D eigenvalue weighted by Gasteiger charge is 2.29. The van der Waals surface area contributed by atoms with Crippen LogP contribution in [0, 0.1) is 6.92 Å². The predicted octanol–water partition coefficient (Wildman–Crippen LogP) is 3.76. The van der Waals surface area contributed by atoms with Crippen LogP contribution in [0.5, 0.6) is 5.75 Å². The van der Waals surface area contributed by atoms with Crippen molar-refractivity contribution in [2.24, 2.45) is 0 Å². The molecule has 2 aromatic rings. The van der Waals surface area contributed by atoms with Gasteiger partial charge in [0.05, 0.1) is 19.6 Å². The number of aromatic nitrogens is 1. The normalized spacial score (nSPS) is 18.0. The number of aryl methyl sites for hydroxylation is 1. The molecule has 0 saturated carbocycles. The summed E-state index contributed by atoms with van der Waals surface area (Å²) in [6.07, 6.45) is 3.69. The molecule has 4 nitrogen and oxygen atoms in total. The molecular weight excluding hydrogens is 308 g/mol. The second-order valence-electron chi connectivity index (χ2n) is 5.95. The lowest BCUT2D eigenvalue weighted by Gasteiger charge is -2.34. The Kier molecular flexibility index (Phi) is 4.96. The highest BCUT2D eigenvalue weighted by Crippen LogP contribution is 2.33. The van der Waals surface area contributed by atoms with E-state index in [2.05, 4.69) is 10.4 Å². The molecule has 0 unspecified atom stereocenters. The average Bonchev–Trinajstić information content (AvgIpc) is 3.02. The van der Waals surface area contributed by atoms with Crippen LogP contribution in [0.1, 0.15) is 41.6 Å². The third-order valence-electron chi connectivity index (χ3n) is 4.26. The summed E-state index contributed by atoms with van der Waals surface area (Å²) in [7, 11) is 1.65. The van der Waals surface area contributed by atoms with Gasteiger partial charge in [0.2, 0.25) is 5.91 Å². The molecule has 0 spiro atoms. The number of likely N-dealkylation sites (tertiary alicyclic amines) is 1. The van der Waals surface area contributed by atoms with Crippen LogP contribution in [0.3, 0.4) is 0 Å². The summed E-state index contributed by atoms with van der Waals surface area (Å²) < 4.78 is 5.17. The van der Waals surface area contributed by atoms with Gasteiger partial charge in [-0.2, -0.15) is 0 Å². The number of carbonyl (C=O) groups excluding carboxylic acids is 1. The van der Waals surface area contributed by atoms with E-state index >= 15 is 0 Å². The molecule has 1 atom stereocenters. The molecule has 1 aromatic carbocycles. The number of hydrogen-bond donors (Lipinski definition) is 0. The number of nitrogens with zero attached hydrogens (tertiary/aromatic N) is 2.